The molecule has 4 N–H and O–H groups in total. The number of halogens is 1. The average molecular weight is 888 g/mol. The van der Waals surface area contributed by atoms with E-state index in [1.54, 1.807) is 74.5 Å². The van der Waals surface area contributed by atoms with E-state index in [-0.39, 0.29) is 35.3 Å². The first-order chi connectivity index (χ1) is 29.7. The van der Waals surface area contributed by atoms with Gasteiger partial charge in [-0.25, -0.2) is 9.59 Å². The van der Waals surface area contributed by atoms with Gasteiger partial charge in [0.25, 0.3) is 5.91 Å². The second-order valence-electron chi connectivity index (χ2n) is 17.5. The normalized spacial score (nSPS) is 31.6. The molecule has 3 fully saturated rings. The van der Waals surface area contributed by atoms with Crippen LogP contribution in [0, 0.1) is 16.7 Å². The Morgan fingerprint density at radius 1 is 0.857 bits per heavy atom. The first-order valence-electron chi connectivity index (χ1n) is 20.6. The third kappa shape index (κ3) is 7.73. The summed E-state index contributed by atoms with van der Waals surface area (Å²) in [7, 11) is 0. The third-order valence-electron chi connectivity index (χ3n) is 13.6. The average Bonchev–Trinajstić information content (AvgIpc) is 3.24. The van der Waals surface area contributed by atoms with Crippen molar-refractivity contribution in [1.29, 1.82) is 0 Å². The second kappa shape index (κ2) is 16.9. The minimum absolute atomic E-state index is 0.00801. The third-order valence-corrected chi connectivity index (χ3v) is 13.8. The van der Waals surface area contributed by atoms with E-state index in [4.69, 9.17) is 35.3 Å². The molecule has 0 radical (unpaired) electrons. The summed E-state index contributed by atoms with van der Waals surface area (Å²) in [6, 6.07) is 20.7. The van der Waals surface area contributed by atoms with Gasteiger partial charge in [-0.2, -0.15) is 0 Å². The lowest BCUT2D eigenvalue weighted by atomic mass is 9.44. The van der Waals surface area contributed by atoms with E-state index in [2.05, 4.69) is 5.32 Å². The van der Waals surface area contributed by atoms with Gasteiger partial charge < -0.3 is 44.3 Å². The molecule has 1 heterocycles. The largest absolute Gasteiger partial charge is 0.456 e. The number of Topliss-reactive ketones (excluding diaryl/α,β-unsaturated/α-hetero) is 1. The smallest absolute Gasteiger partial charge is 0.338 e. The van der Waals surface area contributed by atoms with Crippen LogP contribution in [0.25, 0.3) is 0 Å². The van der Waals surface area contributed by atoms with E-state index >= 15 is 4.79 Å². The lowest BCUT2D eigenvalue weighted by Crippen LogP contribution is -2.82. The molecule has 334 valence electrons. The fraction of sp³-hybridized carbons (Fsp3) is 0.447. The Hall–Kier alpha value is -5.45. The minimum atomic E-state index is -2.42. The van der Waals surface area contributed by atoms with Gasteiger partial charge >= 0.3 is 23.9 Å². The number of ether oxygens (including phenoxy) is 5. The van der Waals surface area contributed by atoms with Crippen molar-refractivity contribution < 1.29 is 67.8 Å². The van der Waals surface area contributed by atoms with Crippen molar-refractivity contribution in [3.8, 4) is 0 Å². The number of esters is 4. The Bertz CT molecular complexity index is 2340. The van der Waals surface area contributed by atoms with Gasteiger partial charge in [0.1, 0.15) is 23.9 Å². The van der Waals surface area contributed by atoms with Crippen molar-refractivity contribution in [2.75, 3.05) is 6.61 Å². The molecule has 2 unspecified atom stereocenters. The van der Waals surface area contributed by atoms with E-state index in [0.717, 1.165) is 13.8 Å². The molecule has 1 aliphatic heterocycles. The zero-order valence-corrected chi connectivity index (χ0v) is 36.3. The summed E-state index contributed by atoms with van der Waals surface area (Å²) >= 11 is 6.14. The highest BCUT2D eigenvalue weighted by Crippen LogP contribution is 2.64. The minimum Gasteiger partial charge on any atom is -0.456 e. The number of benzene rings is 3. The predicted molar refractivity (Wildman–Crippen MR) is 223 cm³/mol. The van der Waals surface area contributed by atoms with Crippen LogP contribution in [0.5, 0.6) is 0 Å². The zero-order valence-electron chi connectivity index (χ0n) is 35.5. The van der Waals surface area contributed by atoms with Crippen LogP contribution in [-0.2, 0) is 42.9 Å². The molecule has 0 spiro atoms. The summed E-state index contributed by atoms with van der Waals surface area (Å²) in [4.78, 5) is 83.6. The van der Waals surface area contributed by atoms with E-state index in [1.165, 1.54) is 38.1 Å². The number of aliphatic hydroxyl groups excluding tert-OH is 2. The number of carbonyl (C=O) groups excluding carboxylic acids is 6. The quantitative estimate of drug-likeness (QED) is 0.126. The lowest BCUT2D eigenvalue weighted by Gasteiger charge is -2.67. The van der Waals surface area contributed by atoms with Gasteiger partial charge in [0.05, 0.1) is 35.6 Å². The van der Waals surface area contributed by atoms with Crippen LogP contribution in [0.4, 0.5) is 0 Å². The van der Waals surface area contributed by atoms with E-state index in [9.17, 15) is 39.3 Å². The summed E-state index contributed by atoms with van der Waals surface area (Å²) in [6.07, 6.45) is -10.7. The number of carbonyl (C=O) groups is 6. The van der Waals surface area contributed by atoms with Crippen LogP contribution < -0.4 is 5.32 Å². The molecular weight excluding hydrogens is 838 g/mol. The van der Waals surface area contributed by atoms with Crippen molar-refractivity contribution >= 4 is 47.2 Å². The number of ketones is 1. The Labute approximate surface area is 368 Å². The van der Waals surface area contributed by atoms with Crippen LogP contribution in [0.15, 0.2) is 96.1 Å². The highest BCUT2D eigenvalue weighted by atomic mass is 35.5. The Morgan fingerprint density at radius 2 is 1.48 bits per heavy atom. The summed E-state index contributed by atoms with van der Waals surface area (Å²) in [5.41, 5.74) is -7.25. The van der Waals surface area contributed by atoms with E-state index in [0.29, 0.717) is 10.6 Å². The molecule has 1 amide bonds. The Kier molecular flexibility index (Phi) is 12.2. The molecule has 4 aliphatic rings. The molecule has 2 bridgehead atoms. The van der Waals surface area contributed by atoms with Gasteiger partial charge in [0, 0.05) is 42.7 Å². The fourth-order valence-corrected chi connectivity index (χ4v) is 10.3. The number of aliphatic hydroxyl groups is 3. The SMILES string of the molecule is CC(=O)O[C@H]1C(=O)[C@@]2(C)C(C(OC(=O)c3ccc(Cl)cc3)[C@]3(O)C[C@H](OC(=O)[C@H](O)[C@@H](NC(=O)c4ccccc4)c4ccccc4)C(C)=C1C3(C)C)[C@]1(OC(C)=O)CO[C@@H]1C[C@@H]2O. The Morgan fingerprint density at radius 3 is 2.05 bits per heavy atom. The maximum absolute atomic E-state index is 15.5. The van der Waals surface area contributed by atoms with Gasteiger partial charge in [-0.3, -0.25) is 19.2 Å². The highest BCUT2D eigenvalue weighted by Gasteiger charge is 2.78. The number of amides is 1. The zero-order chi connectivity index (χ0) is 45.8. The fourth-order valence-electron chi connectivity index (χ4n) is 10.2. The molecule has 11 atom stereocenters. The second-order valence-corrected chi connectivity index (χ2v) is 17.9. The van der Waals surface area contributed by atoms with Gasteiger partial charge in [0.2, 0.25) is 0 Å². The standard InChI is InChI=1S/C47H50ClNO14/c1-24-31(61-43(57)36(53)35(27-13-9-7-10-14-27)49-41(55)28-15-11-8-12-16-28)22-47(58)40(62-42(56)29-17-19-30(48)20-18-29)38-45(6,32(52)21-33-46(38,23-59-33)63-26(3)51)39(54)37(60-25(2)50)34(24)44(47,4)5/h7-20,31-33,35-38,40,52-53,58H,21-23H2,1-6H3,(H,49,55)/t31-,32-,33+,35-,36+,37+,38?,40?,45+,46-,47+/m0/s1. The van der Waals surface area contributed by atoms with Crippen molar-refractivity contribution in [2.45, 2.75) is 108 Å². The molecule has 3 aromatic rings. The maximum atomic E-state index is 15.5. The number of hydrogen-bond acceptors (Lipinski definition) is 14. The van der Waals surface area contributed by atoms with Crippen LogP contribution in [0.3, 0.4) is 0 Å². The lowest BCUT2D eigenvalue weighted by molar-refractivity contribution is -0.346. The number of fused-ring (bicyclic) bond motifs is 5. The molecule has 1 saturated heterocycles. The van der Waals surface area contributed by atoms with Crippen LogP contribution in [0.2, 0.25) is 5.02 Å². The first-order valence-corrected chi connectivity index (χ1v) is 21.0. The molecule has 0 aromatic heterocycles. The van der Waals surface area contributed by atoms with Crippen LogP contribution in [0.1, 0.15) is 86.7 Å². The molecule has 2 saturated carbocycles. The van der Waals surface area contributed by atoms with Gasteiger partial charge in [0.15, 0.2) is 23.6 Å². The predicted octanol–water partition coefficient (Wildman–Crippen LogP) is 4.39. The molecule has 16 heteroatoms. The highest BCUT2D eigenvalue weighted by molar-refractivity contribution is 6.30. The number of nitrogens with one attached hydrogen (secondary N) is 1. The van der Waals surface area contributed by atoms with Crippen molar-refractivity contribution in [2.24, 2.45) is 16.7 Å². The summed E-state index contributed by atoms with van der Waals surface area (Å²) in [5.74, 6) is -6.99. The molecule has 3 aromatic carbocycles. The van der Waals surface area contributed by atoms with Crippen molar-refractivity contribution in [3.63, 3.8) is 0 Å². The van der Waals surface area contributed by atoms with E-state index in [1.807, 2.05) is 0 Å². The topological polar surface area (TPSA) is 221 Å². The van der Waals surface area contributed by atoms with Gasteiger partial charge in [-0.05, 0) is 67.0 Å². The van der Waals surface area contributed by atoms with Crippen molar-refractivity contribution in [1.82, 2.24) is 5.32 Å². The van der Waals surface area contributed by atoms with Crippen LogP contribution >= 0.6 is 11.6 Å². The summed E-state index contributed by atoms with van der Waals surface area (Å²) in [6.45, 7) is 7.89. The first kappa shape index (κ1) is 45.6. The summed E-state index contributed by atoms with van der Waals surface area (Å²) in [5, 5.41) is 40.6. The van der Waals surface area contributed by atoms with Gasteiger partial charge in [-0.15, -0.1) is 0 Å². The van der Waals surface area contributed by atoms with Crippen molar-refractivity contribution in [3.05, 3.63) is 118 Å². The van der Waals surface area contributed by atoms with Gasteiger partial charge in [-0.1, -0.05) is 74.0 Å². The molecule has 7 rings (SSSR count). The molecular formula is C47H50ClNO14. The summed E-state index contributed by atoms with van der Waals surface area (Å²) < 4.78 is 30.3. The monoisotopic (exact) mass is 887 g/mol. The maximum Gasteiger partial charge on any atom is 0.338 e. The molecule has 15 nitrogen and oxygen atoms in total. The molecule has 63 heavy (non-hydrogen) atoms. The van der Waals surface area contributed by atoms with E-state index < -0.39 is 113 Å². The van der Waals surface area contributed by atoms with Crippen LogP contribution in [-0.4, -0.2) is 105 Å². The number of hydrogen-bond donors (Lipinski definition) is 4. The number of rotatable bonds is 10. The Balaban J connectivity index is 1.39. The molecule has 3 aliphatic carbocycles.